The molecule has 0 aliphatic carbocycles. The van der Waals surface area contributed by atoms with Crippen LogP contribution in [0.25, 0.3) is 0 Å². The number of hydrogen-bond acceptors (Lipinski definition) is 8. The van der Waals surface area contributed by atoms with Gasteiger partial charge in [-0.25, -0.2) is 9.97 Å². The van der Waals surface area contributed by atoms with Gasteiger partial charge < -0.3 is 24.7 Å². The molecule has 1 fully saturated rings. The normalized spacial score (nSPS) is 17.1. The van der Waals surface area contributed by atoms with E-state index in [1.54, 1.807) is 24.4 Å². The van der Waals surface area contributed by atoms with Crippen molar-refractivity contribution in [1.82, 2.24) is 25.6 Å². The van der Waals surface area contributed by atoms with Crippen molar-refractivity contribution < 1.29 is 23.6 Å². The Hall–Kier alpha value is -3.83. The highest BCUT2D eigenvalue weighted by atomic mass is 16.7. The lowest BCUT2D eigenvalue weighted by atomic mass is 9.75. The second kappa shape index (κ2) is 13.0. The fourth-order valence-electron chi connectivity index (χ4n) is 4.22. The molecule has 1 aromatic carbocycles. The van der Waals surface area contributed by atoms with Crippen LogP contribution in [-0.4, -0.2) is 63.7 Å². The predicted molar refractivity (Wildman–Crippen MR) is 150 cm³/mol. The van der Waals surface area contributed by atoms with Crippen LogP contribution in [0, 0.1) is 0 Å². The van der Waals surface area contributed by atoms with E-state index in [4.69, 9.17) is 14.0 Å². The van der Waals surface area contributed by atoms with Crippen molar-refractivity contribution in [1.29, 1.82) is 0 Å². The van der Waals surface area contributed by atoms with Gasteiger partial charge in [-0.15, -0.1) is 0 Å². The molecule has 0 saturated carbocycles. The van der Waals surface area contributed by atoms with Gasteiger partial charge in [0.15, 0.2) is 0 Å². The number of hydrogen-bond donors (Lipinski definition) is 2. The summed E-state index contributed by atoms with van der Waals surface area (Å²) in [6.45, 7) is 7.75. The molecule has 10 nitrogen and oxygen atoms in total. The smallest absolute Gasteiger partial charge is 0.475 e. The summed E-state index contributed by atoms with van der Waals surface area (Å²) < 4.78 is 18.4. The third-order valence-electron chi connectivity index (χ3n) is 7.20. The highest BCUT2D eigenvalue weighted by Crippen LogP contribution is 2.38. The summed E-state index contributed by atoms with van der Waals surface area (Å²) in [7, 11) is -0.669. The third-order valence-corrected chi connectivity index (χ3v) is 7.20. The summed E-state index contributed by atoms with van der Waals surface area (Å²) >= 11 is 0. The van der Waals surface area contributed by atoms with Gasteiger partial charge in [0.25, 0.3) is 5.91 Å². The average Bonchev–Trinajstić information content (AvgIpc) is 3.18. The molecule has 2 N–H and O–H groups in total. The fourth-order valence-corrected chi connectivity index (χ4v) is 4.22. The number of aromatic nitrogens is 3. The topological polar surface area (TPSA) is 125 Å². The Morgan fingerprint density at radius 1 is 0.925 bits per heavy atom. The van der Waals surface area contributed by atoms with E-state index in [-0.39, 0.29) is 12.3 Å². The van der Waals surface area contributed by atoms with Gasteiger partial charge in [-0.1, -0.05) is 36.4 Å². The lowest BCUT2D eigenvalue weighted by Crippen LogP contribution is -2.56. The zero-order valence-corrected chi connectivity index (χ0v) is 23.4. The number of aryl methyl sites for hydroxylation is 1. The molecule has 1 aliphatic heterocycles. The first-order valence-electron chi connectivity index (χ1n) is 13.5. The van der Waals surface area contributed by atoms with Crippen LogP contribution in [-0.2, 0) is 20.5 Å². The van der Waals surface area contributed by atoms with Crippen molar-refractivity contribution in [3.8, 4) is 5.88 Å². The first-order valence-corrected chi connectivity index (χ1v) is 13.5. The molecule has 11 heteroatoms. The predicted octanol–water partition coefficient (Wildman–Crippen LogP) is 3.19. The molecule has 3 aromatic rings. The van der Waals surface area contributed by atoms with E-state index in [9.17, 15) is 9.59 Å². The van der Waals surface area contributed by atoms with E-state index in [2.05, 4.69) is 37.7 Å². The second-order valence-electron chi connectivity index (χ2n) is 10.7. The molecule has 0 spiro atoms. The van der Waals surface area contributed by atoms with Crippen LogP contribution in [0.3, 0.4) is 0 Å². The summed E-state index contributed by atoms with van der Waals surface area (Å²) in [5.74, 6) is -1.12. The Balaban J connectivity index is 1.50. The highest BCUT2D eigenvalue weighted by Gasteiger charge is 2.54. The van der Waals surface area contributed by atoms with Crippen LogP contribution in [0.5, 0.6) is 5.88 Å². The quantitative estimate of drug-likeness (QED) is 0.333. The fraction of sp³-hybridized carbons (Fsp3) is 0.414. The zero-order valence-electron chi connectivity index (χ0n) is 23.4. The number of amides is 2. The van der Waals surface area contributed by atoms with Gasteiger partial charge in [0.2, 0.25) is 11.8 Å². The number of carbonyl (C=O) groups is 2. The summed E-state index contributed by atoms with van der Waals surface area (Å²) in [4.78, 5) is 38.7. The lowest BCUT2D eigenvalue weighted by molar-refractivity contribution is -0.124. The first-order chi connectivity index (χ1) is 19.1. The molecule has 0 radical (unpaired) electrons. The molecule has 2 aromatic heterocycles. The maximum atomic E-state index is 13.7. The zero-order chi connectivity index (χ0) is 28.6. The molecule has 1 aliphatic rings. The molecule has 1 saturated heterocycles. The summed E-state index contributed by atoms with van der Waals surface area (Å²) in [5.41, 5.74) is 0.159. The number of benzene rings is 1. The Morgan fingerprint density at radius 3 is 2.30 bits per heavy atom. The van der Waals surface area contributed by atoms with Gasteiger partial charge in [0, 0.05) is 24.7 Å². The maximum absolute atomic E-state index is 13.7. The van der Waals surface area contributed by atoms with E-state index in [0.717, 1.165) is 12.8 Å². The van der Waals surface area contributed by atoms with Gasteiger partial charge >= 0.3 is 7.12 Å². The van der Waals surface area contributed by atoms with Crippen LogP contribution in [0.2, 0.25) is 0 Å². The summed E-state index contributed by atoms with van der Waals surface area (Å²) in [6, 6.07) is 14.3. The largest absolute Gasteiger partial charge is 0.481 e. The number of ether oxygens (including phenoxy) is 1. The number of nitrogens with one attached hydrogen (secondary N) is 2. The second-order valence-corrected chi connectivity index (χ2v) is 10.7. The standard InChI is InChI=1S/C29H36BN5O5/c1-28(2)29(3,4)40-30(39-28)24(14-10-13-21-11-6-5-7-12-21)35-27(37)23(20-38-25-15-8-9-16-33-25)34-26(36)22-19-31-17-18-32-22/h5-9,11-12,15-19,23-24H,10,13-14,20H2,1-4H3,(H,34,36)(H,35,37)/t23?,24-/m0/s1. The SMILES string of the molecule is CC1(C)OB([C@H](CCCc2ccccc2)NC(=O)C(COc2ccccn2)NC(=O)c2cnccn2)OC1(C)C. The summed E-state index contributed by atoms with van der Waals surface area (Å²) in [5, 5.41) is 5.80. The van der Waals surface area contributed by atoms with E-state index in [0.29, 0.717) is 12.3 Å². The van der Waals surface area contributed by atoms with Crippen molar-refractivity contribution in [2.24, 2.45) is 0 Å². The van der Waals surface area contributed by atoms with Crippen LogP contribution >= 0.6 is 0 Å². The minimum atomic E-state index is -1.05. The highest BCUT2D eigenvalue weighted by molar-refractivity contribution is 6.48. The number of carbonyl (C=O) groups excluding carboxylic acids is 2. The minimum Gasteiger partial charge on any atom is -0.475 e. The van der Waals surface area contributed by atoms with Crippen molar-refractivity contribution >= 4 is 18.9 Å². The molecular weight excluding hydrogens is 509 g/mol. The van der Waals surface area contributed by atoms with Crippen molar-refractivity contribution in [2.75, 3.05) is 6.61 Å². The van der Waals surface area contributed by atoms with Gasteiger partial charge in [0.05, 0.1) is 23.3 Å². The van der Waals surface area contributed by atoms with Crippen LogP contribution in [0.4, 0.5) is 0 Å². The Bertz CT molecular complexity index is 1230. The first kappa shape index (κ1) is 29.2. The lowest BCUT2D eigenvalue weighted by Gasteiger charge is -2.32. The van der Waals surface area contributed by atoms with E-state index in [1.807, 2.05) is 45.9 Å². The molecular formula is C29H36BN5O5. The average molecular weight is 545 g/mol. The minimum absolute atomic E-state index is 0.0866. The van der Waals surface area contributed by atoms with Crippen molar-refractivity contribution in [3.63, 3.8) is 0 Å². The monoisotopic (exact) mass is 545 g/mol. The molecule has 40 heavy (non-hydrogen) atoms. The molecule has 4 rings (SSSR count). The Labute approximate surface area is 235 Å². The molecule has 2 atom stereocenters. The number of rotatable bonds is 12. The molecule has 2 amide bonds. The summed E-state index contributed by atoms with van der Waals surface area (Å²) in [6.07, 6.45) is 8.03. The van der Waals surface area contributed by atoms with E-state index >= 15 is 0 Å². The number of nitrogens with zero attached hydrogens (tertiary/aromatic N) is 3. The van der Waals surface area contributed by atoms with Gasteiger partial charge in [-0.2, -0.15) is 0 Å². The third kappa shape index (κ3) is 7.64. The van der Waals surface area contributed by atoms with Crippen molar-refractivity contribution in [3.05, 3.63) is 84.6 Å². The molecule has 1 unspecified atom stereocenters. The molecule has 3 heterocycles. The Morgan fingerprint density at radius 2 is 1.65 bits per heavy atom. The van der Waals surface area contributed by atoms with Gasteiger partial charge in [-0.3, -0.25) is 14.6 Å². The molecule has 0 bridgehead atoms. The molecule has 210 valence electrons. The Kier molecular flexibility index (Phi) is 9.49. The number of pyridine rings is 1. The van der Waals surface area contributed by atoms with Crippen LogP contribution in [0.15, 0.2) is 73.3 Å². The van der Waals surface area contributed by atoms with E-state index < -0.39 is 42.1 Å². The van der Waals surface area contributed by atoms with Gasteiger partial charge in [-0.05, 0) is 58.6 Å². The van der Waals surface area contributed by atoms with Crippen molar-refractivity contribution in [2.45, 2.75) is 70.1 Å². The van der Waals surface area contributed by atoms with Gasteiger partial charge in [0.1, 0.15) is 18.3 Å². The van der Waals surface area contributed by atoms with Crippen LogP contribution in [0.1, 0.15) is 56.6 Å². The maximum Gasteiger partial charge on any atom is 0.481 e. The van der Waals surface area contributed by atoms with E-state index in [1.165, 1.54) is 24.2 Å². The van der Waals surface area contributed by atoms with Crippen LogP contribution < -0.4 is 15.4 Å².